The van der Waals surface area contributed by atoms with Crippen molar-refractivity contribution in [1.29, 1.82) is 0 Å². The average molecular weight is 288 g/mol. The minimum absolute atomic E-state index is 0.827. The third-order valence-electron chi connectivity index (χ3n) is 2.66. The summed E-state index contributed by atoms with van der Waals surface area (Å²) in [5, 5.41) is 9.35. The molecule has 0 saturated heterocycles. The molecule has 0 aromatic carbocycles. The summed E-state index contributed by atoms with van der Waals surface area (Å²) in [6.45, 7) is 0. The highest BCUT2D eigenvalue weighted by Crippen LogP contribution is 2.27. The third kappa shape index (κ3) is 2.85. The Morgan fingerprint density at radius 2 is 2.16 bits per heavy atom. The van der Waals surface area contributed by atoms with Gasteiger partial charge in [-0.1, -0.05) is 0 Å². The monoisotopic (exact) mass is 288 g/mol. The Labute approximate surface area is 119 Å². The van der Waals surface area contributed by atoms with E-state index >= 15 is 0 Å². The van der Waals surface area contributed by atoms with E-state index in [0.29, 0.717) is 0 Å². The Balaban J connectivity index is 1.80. The first kappa shape index (κ1) is 12.4. The van der Waals surface area contributed by atoms with Gasteiger partial charge in [0.1, 0.15) is 16.5 Å². The molecule has 0 aliphatic rings. The third-order valence-corrected chi connectivity index (χ3v) is 4.40. The molecule has 4 nitrogen and oxygen atoms in total. The molecule has 0 unspecified atom stereocenters. The molecule has 0 spiro atoms. The number of thiophene rings is 1. The van der Waals surface area contributed by atoms with E-state index in [1.807, 2.05) is 24.6 Å². The highest BCUT2D eigenvalue weighted by atomic mass is 32.2. The minimum atomic E-state index is 0.827. The van der Waals surface area contributed by atoms with E-state index in [1.54, 1.807) is 29.3 Å². The molecule has 0 aliphatic carbocycles. The van der Waals surface area contributed by atoms with Gasteiger partial charge < -0.3 is 4.98 Å². The number of imidazole rings is 1. The molecule has 0 bridgehead atoms. The predicted molar refractivity (Wildman–Crippen MR) is 78.5 cm³/mol. The lowest BCUT2D eigenvalue weighted by molar-refractivity contribution is 0.939. The lowest BCUT2D eigenvalue weighted by Crippen LogP contribution is -1.87. The van der Waals surface area contributed by atoms with E-state index in [0.717, 1.165) is 27.8 Å². The molecule has 19 heavy (non-hydrogen) atoms. The van der Waals surface area contributed by atoms with Gasteiger partial charge in [0.05, 0.1) is 4.88 Å². The van der Waals surface area contributed by atoms with Crippen molar-refractivity contribution in [3.63, 3.8) is 0 Å². The van der Waals surface area contributed by atoms with Crippen LogP contribution in [-0.2, 0) is 6.42 Å². The molecule has 3 aromatic rings. The Kier molecular flexibility index (Phi) is 3.61. The van der Waals surface area contributed by atoms with Crippen molar-refractivity contribution >= 4 is 23.1 Å². The van der Waals surface area contributed by atoms with Crippen molar-refractivity contribution in [2.45, 2.75) is 11.4 Å². The van der Waals surface area contributed by atoms with Crippen molar-refractivity contribution in [1.82, 2.24) is 20.2 Å². The zero-order valence-electron chi connectivity index (χ0n) is 10.3. The highest BCUT2D eigenvalue weighted by molar-refractivity contribution is 7.98. The number of hydrogen-bond donors (Lipinski definition) is 1. The summed E-state index contributed by atoms with van der Waals surface area (Å²) >= 11 is 3.33. The Morgan fingerprint density at radius 1 is 1.21 bits per heavy atom. The van der Waals surface area contributed by atoms with Crippen LogP contribution in [0.4, 0.5) is 0 Å². The molecule has 3 aromatic heterocycles. The summed E-state index contributed by atoms with van der Waals surface area (Å²) in [6, 6.07) is 8.22. The SMILES string of the molecule is CSc1ccc(-c2ccc(Cc3ncc[nH]3)s2)nn1. The molecule has 0 atom stereocenters. The van der Waals surface area contributed by atoms with Crippen LogP contribution in [0.3, 0.4) is 0 Å². The molecule has 0 amide bonds. The van der Waals surface area contributed by atoms with Crippen LogP contribution in [0.1, 0.15) is 10.7 Å². The second kappa shape index (κ2) is 5.54. The van der Waals surface area contributed by atoms with Crippen LogP contribution in [0.15, 0.2) is 41.7 Å². The van der Waals surface area contributed by atoms with Gasteiger partial charge >= 0.3 is 0 Å². The van der Waals surface area contributed by atoms with Crippen molar-refractivity contribution in [3.05, 3.63) is 47.4 Å². The smallest absolute Gasteiger partial charge is 0.119 e. The minimum Gasteiger partial charge on any atom is -0.348 e. The van der Waals surface area contributed by atoms with Crippen molar-refractivity contribution in [2.75, 3.05) is 6.26 Å². The molecule has 3 rings (SSSR count). The van der Waals surface area contributed by atoms with Gasteiger partial charge in [0.2, 0.25) is 0 Å². The summed E-state index contributed by atoms with van der Waals surface area (Å²) in [5.41, 5.74) is 0.925. The van der Waals surface area contributed by atoms with Crippen LogP contribution in [-0.4, -0.2) is 26.4 Å². The van der Waals surface area contributed by atoms with Gasteiger partial charge in [-0.15, -0.1) is 33.3 Å². The summed E-state index contributed by atoms with van der Waals surface area (Å²) in [6.07, 6.45) is 6.44. The summed E-state index contributed by atoms with van der Waals surface area (Å²) in [7, 11) is 0. The molecule has 0 fully saturated rings. The van der Waals surface area contributed by atoms with Crippen molar-refractivity contribution in [3.8, 4) is 10.6 Å². The number of nitrogens with one attached hydrogen (secondary N) is 1. The number of rotatable bonds is 4. The van der Waals surface area contributed by atoms with Gasteiger partial charge in [-0.05, 0) is 30.5 Å². The molecule has 96 valence electrons. The number of thioether (sulfide) groups is 1. The van der Waals surface area contributed by atoms with Crippen LogP contribution in [0, 0.1) is 0 Å². The highest BCUT2D eigenvalue weighted by Gasteiger charge is 2.06. The van der Waals surface area contributed by atoms with Crippen molar-refractivity contribution < 1.29 is 0 Å². The van der Waals surface area contributed by atoms with Crippen LogP contribution >= 0.6 is 23.1 Å². The van der Waals surface area contributed by atoms with Gasteiger partial charge in [0.15, 0.2) is 0 Å². The molecule has 0 saturated carbocycles. The number of nitrogens with zero attached hydrogens (tertiary/aromatic N) is 3. The summed E-state index contributed by atoms with van der Waals surface area (Å²) in [4.78, 5) is 9.76. The molecular formula is C13H12N4S2. The summed E-state index contributed by atoms with van der Waals surface area (Å²) in [5.74, 6) is 0.984. The number of aromatic amines is 1. The standard InChI is InChI=1S/C13H12N4S2/c1-18-13-5-3-10(16-17-13)11-4-2-9(19-11)8-12-14-6-7-15-12/h2-7H,8H2,1H3,(H,14,15). The fourth-order valence-corrected chi connectivity index (χ4v) is 3.03. The number of H-pyrrole nitrogens is 1. The number of aromatic nitrogens is 4. The molecule has 6 heteroatoms. The number of hydrogen-bond acceptors (Lipinski definition) is 5. The average Bonchev–Trinajstić information content (AvgIpc) is 3.11. The Morgan fingerprint density at radius 3 is 2.84 bits per heavy atom. The van der Waals surface area contributed by atoms with E-state index < -0.39 is 0 Å². The molecular weight excluding hydrogens is 276 g/mol. The maximum Gasteiger partial charge on any atom is 0.119 e. The fourth-order valence-electron chi connectivity index (χ4n) is 1.73. The van der Waals surface area contributed by atoms with Crippen LogP contribution < -0.4 is 0 Å². The largest absolute Gasteiger partial charge is 0.348 e. The Hall–Kier alpha value is -1.66. The van der Waals surface area contributed by atoms with Gasteiger partial charge in [-0.3, -0.25) is 0 Å². The van der Waals surface area contributed by atoms with E-state index in [2.05, 4.69) is 32.3 Å². The topological polar surface area (TPSA) is 54.5 Å². The quantitative estimate of drug-likeness (QED) is 0.749. The fraction of sp³-hybridized carbons (Fsp3) is 0.154. The van der Waals surface area contributed by atoms with Crippen LogP contribution in [0.2, 0.25) is 0 Å². The zero-order valence-corrected chi connectivity index (χ0v) is 12.0. The Bertz CT molecular complexity index is 644. The first-order chi connectivity index (χ1) is 9.35. The summed E-state index contributed by atoms with van der Waals surface area (Å²) < 4.78 is 0. The van der Waals surface area contributed by atoms with E-state index in [1.165, 1.54) is 4.88 Å². The molecule has 0 radical (unpaired) electrons. The van der Waals surface area contributed by atoms with Gasteiger partial charge in [-0.2, -0.15) is 0 Å². The first-order valence-corrected chi connectivity index (χ1v) is 7.84. The van der Waals surface area contributed by atoms with Gasteiger partial charge in [0, 0.05) is 23.7 Å². The second-order valence-corrected chi connectivity index (χ2v) is 5.93. The lowest BCUT2D eigenvalue weighted by atomic mass is 10.3. The molecule has 3 heterocycles. The van der Waals surface area contributed by atoms with Crippen LogP contribution in [0.5, 0.6) is 0 Å². The maximum absolute atomic E-state index is 4.25. The maximum atomic E-state index is 4.25. The normalized spacial score (nSPS) is 10.8. The van der Waals surface area contributed by atoms with Gasteiger partial charge in [0.25, 0.3) is 0 Å². The van der Waals surface area contributed by atoms with Crippen molar-refractivity contribution in [2.24, 2.45) is 0 Å². The lowest BCUT2D eigenvalue weighted by Gasteiger charge is -1.97. The molecule has 1 N–H and O–H groups in total. The second-order valence-electron chi connectivity index (χ2n) is 3.94. The van der Waals surface area contributed by atoms with E-state index in [4.69, 9.17) is 0 Å². The van der Waals surface area contributed by atoms with E-state index in [-0.39, 0.29) is 0 Å². The first-order valence-electron chi connectivity index (χ1n) is 5.80. The van der Waals surface area contributed by atoms with Gasteiger partial charge in [-0.25, -0.2) is 4.98 Å². The van der Waals surface area contributed by atoms with E-state index in [9.17, 15) is 0 Å². The predicted octanol–water partition coefficient (Wildman–Crippen LogP) is 3.24. The zero-order chi connectivity index (χ0) is 13.1. The van der Waals surface area contributed by atoms with Crippen LogP contribution in [0.25, 0.3) is 10.6 Å². The molecule has 0 aliphatic heterocycles.